The average Bonchev–Trinajstić information content (AvgIpc) is 2.38. The monoisotopic (exact) mass is 234 g/mol. The molecule has 0 amide bonds. The highest BCUT2D eigenvalue weighted by atomic mass is 35.5. The molecule has 0 fully saturated rings. The van der Waals surface area contributed by atoms with Gasteiger partial charge in [-0.1, -0.05) is 30.3 Å². The molecule has 0 atom stereocenters. The number of rotatable bonds is 4. The van der Waals surface area contributed by atoms with Crippen molar-refractivity contribution in [1.82, 2.24) is 9.97 Å². The standard InChI is InChI=1S/C12H11ClN2O/c13-6-11-7-14-9-15-12(11)16-8-10-4-2-1-3-5-10/h1-5,7,9H,6,8H2. The molecule has 3 nitrogen and oxygen atoms in total. The number of hydrogen-bond donors (Lipinski definition) is 0. The Kier molecular flexibility index (Phi) is 3.72. The normalized spacial score (nSPS) is 10.1. The summed E-state index contributed by atoms with van der Waals surface area (Å²) in [6.07, 6.45) is 3.12. The second-order valence-electron chi connectivity index (χ2n) is 3.26. The van der Waals surface area contributed by atoms with E-state index in [1.54, 1.807) is 6.20 Å². The Labute approximate surface area is 99.1 Å². The van der Waals surface area contributed by atoms with E-state index in [2.05, 4.69) is 9.97 Å². The van der Waals surface area contributed by atoms with Crippen LogP contribution in [-0.4, -0.2) is 9.97 Å². The number of benzene rings is 1. The average molecular weight is 235 g/mol. The fourth-order valence-electron chi connectivity index (χ4n) is 1.29. The first-order valence-corrected chi connectivity index (χ1v) is 5.45. The van der Waals surface area contributed by atoms with Crippen molar-refractivity contribution < 1.29 is 4.74 Å². The molecule has 0 saturated carbocycles. The largest absolute Gasteiger partial charge is 0.472 e. The van der Waals surface area contributed by atoms with Crippen LogP contribution in [0.15, 0.2) is 42.9 Å². The van der Waals surface area contributed by atoms with Gasteiger partial charge in [-0.2, -0.15) is 0 Å². The van der Waals surface area contributed by atoms with Gasteiger partial charge in [-0.3, -0.25) is 0 Å². The van der Waals surface area contributed by atoms with Gasteiger partial charge in [0.1, 0.15) is 12.9 Å². The minimum atomic E-state index is 0.352. The summed E-state index contributed by atoms with van der Waals surface area (Å²) in [5.74, 6) is 0.902. The van der Waals surface area contributed by atoms with E-state index in [9.17, 15) is 0 Å². The van der Waals surface area contributed by atoms with Crippen LogP contribution >= 0.6 is 11.6 Å². The number of alkyl halides is 1. The van der Waals surface area contributed by atoms with Crippen molar-refractivity contribution in [1.29, 1.82) is 0 Å². The van der Waals surface area contributed by atoms with Crippen molar-refractivity contribution >= 4 is 11.6 Å². The molecular formula is C12H11ClN2O. The highest BCUT2D eigenvalue weighted by Gasteiger charge is 2.03. The zero-order valence-electron chi connectivity index (χ0n) is 8.64. The first kappa shape index (κ1) is 10.9. The third-order valence-corrected chi connectivity index (χ3v) is 2.40. The van der Waals surface area contributed by atoms with Crippen LogP contribution in [0.5, 0.6) is 5.88 Å². The van der Waals surface area contributed by atoms with Crippen LogP contribution in [-0.2, 0) is 12.5 Å². The molecule has 0 spiro atoms. The number of aromatic nitrogens is 2. The maximum atomic E-state index is 5.75. The molecule has 0 aliphatic carbocycles. The molecular weight excluding hydrogens is 224 g/mol. The molecule has 0 bridgehead atoms. The Balaban J connectivity index is 2.05. The highest BCUT2D eigenvalue weighted by molar-refractivity contribution is 6.17. The summed E-state index contributed by atoms with van der Waals surface area (Å²) in [5.41, 5.74) is 1.90. The van der Waals surface area contributed by atoms with E-state index in [-0.39, 0.29) is 0 Å². The smallest absolute Gasteiger partial charge is 0.221 e. The molecule has 1 heterocycles. The quantitative estimate of drug-likeness (QED) is 0.763. The van der Waals surface area contributed by atoms with Crippen LogP contribution in [0.4, 0.5) is 0 Å². The minimum absolute atomic E-state index is 0.352. The lowest BCUT2D eigenvalue weighted by Crippen LogP contribution is -2.00. The summed E-state index contributed by atoms with van der Waals surface area (Å²) in [5, 5.41) is 0. The van der Waals surface area contributed by atoms with Gasteiger partial charge in [-0.05, 0) is 5.56 Å². The molecule has 4 heteroatoms. The summed E-state index contributed by atoms with van der Waals surface area (Å²) in [7, 11) is 0. The Bertz CT molecular complexity index is 448. The van der Waals surface area contributed by atoms with Crippen LogP contribution in [0.2, 0.25) is 0 Å². The molecule has 82 valence electrons. The van der Waals surface area contributed by atoms with Crippen molar-refractivity contribution in [3.8, 4) is 5.88 Å². The second-order valence-corrected chi connectivity index (χ2v) is 3.53. The van der Waals surface area contributed by atoms with E-state index in [4.69, 9.17) is 16.3 Å². The van der Waals surface area contributed by atoms with E-state index in [1.807, 2.05) is 30.3 Å². The van der Waals surface area contributed by atoms with E-state index in [0.29, 0.717) is 18.4 Å². The first-order valence-electron chi connectivity index (χ1n) is 4.91. The molecule has 16 heavy (non-hydrogen) atoms. The van der Waals surface area contributed by atoms with Gasteiger partial charge in [-0.25, -0.2) is 9.97 Å². The van der Waals surface area contributed by atoms with Gasteiger partial charge >= 0.3 is 0 Å². The van der Waals surface area contributed by atoms with E-state index < -0.39 is 0 Å². The van der Waals surface area contributed by atoms with Gasteiger partial charge < -0.3 is 4.74 Å². The Morgan fingerprint density at radius 1 is 1.19 bits per heavy atom. The second kappa shape index (κ2) is 5.47. The van der Waals surface area contributed by atoms with Crippen LogP contribution < -0.4 is 4.74 Å². The fourth-order valence-corrected chi connectivity index (χ4v) is 1.48. The van der Waals surface area contributed by atoms with Crippen molar-refractivity contribution in [2.24, 2.45) is 0 Å². The number of nitrogens with zero attached hydrogens (tertiary/aromatic N) is 2. The van der Waals surface area contributed by atoms with Crippen LogP contribution in [0.3, 0.4) is 0 Å². The number of ether oxygens (including phenoxy) is 1. The first-order chi connectivity index (χ1) is 7.90. The lowest BCUT2D eigenvalue weighted by molar-refractivity contribution is 0.290. The number of hydrogen-bond acceptors (Lipinski definition) is 3. The maximum absolute atomic E-state index is 5.75. The lowest BCUT2D eigenvalue weighted by Gasteiger charge is -2.07. The third kappa shape index (κ3) is 2.70. The summed E-state index contributed by atoms with van der Waals surface area (Å²) >= 11 is 5.75. The van der Waals surface area contributed by atoms with Crippen molar-refractivity contribution in [3.63, 3.8) is 0 Å². The van der Waals surface area contributed by atoms with Crippen LogP contribution in [0.25, 0.3) is 0 Å². The van der Waals surface area contributed by atoms with Gasteiger partial charge in [0.2, 0.25) is 5.88 Å². The maximum Gasteiger partial charge on any atom is 0.221 e. The summed E-state index contributed by atoms with van der Waals surface area (Å²) in [4.78, 5) is 7.94. The van der Waals surface area contributed by atoms with E-state index >= 15 is 0 Å². The topological polar surface area (TPSA) is 35.0 Å². The highest BCUT2D eigenvalue weighted by Crippen LogP contribution is 2.16. The number of halogens is 1. The molecule has 0 aliphatic rings. The molecule has 1 aromatic heterocycles. The van der Waals surface area contributed by atoms with Crippen molar-refractivity contribution in [2.75, 3.05) is 0 Å². The van der Waals surface area contributed by atoms with Gasteiger partial charge in [-0.15, -0.1) is 11.6 Å². The zero-order valence-corrected chi connectivity index (χ0v) is 9.39. The van der Waals surface area contributed by atoms with Crippen molar-refractivity contribution in [3.05, 3.63) is 54.0 Å². The van der Waals surface area contributed by atoms with E-state index in [1.165, 1.54) is 6.33 Å². The predicted octanol–water partition coefficient (Wildman–Crippen LogP) is 2.79. The summed E-state index contributed by atoms with van der Waals surface area (Å²) in [6, 6.07) is 9.92. The van der Waals surface area contributed by atoms with Gasteiger partial charge in [0.05, 0.1) is 5.88 Å². The van der Waals surface area contributed by atoms with Gasteiger partial charge in [0.15, 0.2) is 0 Å². The molecule has 0 radical (unpaired) electrons. The SMILES string of the molecule is ClCc1cncnc1OCc1ccccc1. The molecule has 2 aromatic rings. The minimum Gasteiger partial charge on any atom is -0.472 e. The van der Waals surface area contributed by atoms with Crippen molar-refractivity contribution in [2.45, 2.75) is 12.5 Å². The summed E-state index contributed by atoms with van der Waals surface area (Å²) in [6.45, 7) is 0.488. The molecule has 2 rings (SSSR count). The van der Waals surface area contributed by atoms with Crippen LogP contribution in [0, 0.1) is 0 Å². The van der Waals surface area contributed by atoms with Gasteiger partial charge in [0.25, 0.3) is 0 Å². The molecule has 0 unspecified atom stereocenters. The Hall–Kier alpha value is -1.61. The Morgan fingerprint density at radius 2 is 2.00 bits per heavy atom. The fraction of sp³-hybridized carbons (Fsp3) is 0.167. The molecule has 1 aromatic carbocycles. The third-order valence-electron chi connectivity index (χ3n) is 2.11. The summed E-state index contributed by atoms with van der Waals surface area (Å²) < 4.78 is 5.58. The molecule has 0 saturated heterocycles. The van der Waals surface area contributed by atoms with Gasteiger partial charge in [0, 0.05) is 11.8 Å². The zero-order chi connectivity index (χ0) is 11.2. The molecule has 0 N–H and O–H groups in total. The predicted molar refractivity (Wildman–Crippen MR) is 62.4 cm³/mol. The van der Waals surface area contributed by atoms with E-state index in [0.717, 1.165) is 11.1 Å². The molecule has 0 aliphatic heterocycles. The van der Waals surface area contributed by atoms with Crippen LogP contribution in [0.1, 0.15) is 11.1 Å². The Morgan fingerprint density at radius 3 is 2.75 bits per heavy atom. The lowest BCUT2D eigenvalue weighted by atomic mass is 10.2.